The highest BCUT2D eigenvalue weighted by Crippen LogP contribution is 2.53. The zero-order valence-corrected chi connectivity index (χ0v) is 18.3. The average Bonchev–Trinajstić information content (AvgIpc) is 2.87. The first kappa shape index (κ1) is 21.0. The lowest BCUT2D eigenvalue weighted by Crippen LogP contribution is -2.39. The lowest BCUT2D eigenvalue weighted by molar-refractivity contribution is 0.0238. The van der Waals surface area contributed by atoms with Crippen molar-refractivity contribution >= 4 is 0 Å². The molecule has 2 nitrogen and oxygen atoms in total. The van der Waals surface area contributed by atoms with Crippen LogP contribution >= 0.6 is 0 Å². The van der Waals surface area contributed by atoms with Crippen molar-refractivity contribution in [2.24, 2.45) is 46.0 Å². The Bertz CT molecular complexity index is 549. The van der Waals surface area contributed by atoms with E-state index in [9.17, 15) is 0 Å². The van der Waals surface area contributed by atoms with Gasteiger partial charge in [0.25, 0.3) is 0 Å². The van der Waals surface area contributed by atoms with E-state index in [0.717, 1.165) is 29.9 Å². The highest BCUT2D eigenvalue weighted by molar-refractivity contribution is 5.22. The molecule has 0 aromatic carbocycles. The summed E-state index contributed by atoms with van der Waals surface area (Å²) in [6, 6.07) is 0.453. The zero-order valence-electron chi connectivity index (χ0n) is 18.3. The third-order valence-corrected chi connectivity index (χ3v) is 8.98. The van der Waals surface area contributed by atoms with Gasteiger partial charge in [0.05, 0.1) is 0 Å². The summed E-state index contributed by atoms with van der Waals surface area (Å²) in [5.41, 5.74) is 14.0. The minimum atomic E-state index is 0.373. The Labute approximate surface area is 168 Å². The van der Waals surface area contributed by atoms with Crippen LogP contribution in [0.1, 0.15) is 91.9 Å². The zero-order chi connectivity index (χ0) is 19.7. The summed E-state index contributed by atoms with van der Waals surface area (Å²) in [6.07, 6.45) is 20.0. The topological polar surface area (TPSA) is 52.0 Å². The van der Waals surface area contributed by atoms with E-state index >= 15 is 0 Å². The molecule has 3 rings (SSSR count). The van der Waals surface area contributed by atoms with Crippen LogP contribution in [0.5, 0.6) is 0 Å². The smallest absolute Gasteiger partial charge is 0.0270 e. The molecule has 0 radical (unpaired) electrons. The van der Waals surface area contributed by atoms with Crippen LogP contribution in [0.2, 0.25) is 0 Å². The van der Waals surface area contributed by atoms with Gasteiger partial charge in [-0.05, 0) is 98.4 Å². The second kappa shape index (κ2) is 8.31. The fourth-order valence-corrected chi connectivity index (χ4v) is 6.48. The van der Waals surface area contributed by atoms with Crippen molar-refractivity contribution < 1.29 is 0 Å². The second-order valence-electron chi connectivity index (χ2n) is 11.1. The van der Waals surface area contributed by atoms with Gasteiger partial charge in [-0.1, -0.05) is 46.3 Å². The summed E-state index contributed by atoms with van der Waals surface area (Å²) >= 11 is 0. The monoisotopic (exact) mass is 372 g/mol. The fourth-order valence-electron chi connectivity index (χ4n) is 6.48. The summed E-state index contributed by atoms with van der Waals surface area (Å²) < 4.78 is 0. The fraction of sp³-hybridized carbons (Fsp3) is 0.840. The number of nitrogens with two attached hydrogens (primary N) is 2. The first-order valence-corrected chi connectivity index (χ1v) is 11.6. The lowest BCUT2D eigenvalue weighted by Gasteiger charge is -2.48. The van der Waals surface area contributed by atoms with Crippen molar-refractivity contribution in [2.75, 3.05) is 0 Å². The van der Waals surface area contributed by atoms with Crippen LogP contribution in [0.3, 0.4) is 0 Å². The molecule has 0 heterocycles. The minimum Gasteiger partial charge on any atom is -0.399 e. The molecular weight excluding hydrogens is 328 g/mol. The van der Waals surface area contributed by atoms with Crippen LogP contribution in [0, 0.1) is 34.5 Å². The molecule has 0 aromatic heterocycles. The molecule has 2 heteroatoms. The Balaban J connectivity index is 1.58. The Kier molecular flexibility index (Phi) is 6.45. The third kappa shape index (κ3) is 4.63. The van der Waals surface area contributed by atoms with Crippen molar-refractivity contribution in [1.82, 2.24) is 0 Å². The van der Waals surface area contributed by atoms with Gasteiger partial charge in [-0.3, -0.25) is 0 Å². The molecule has 154 valence electrons. The highest BCUT2D eigenvalue weighted by atomic mass is 14.6. The highest BCUT2D eigenvalue weighted by Gasteiger charge is 2.43. The first-order chi connectivity index (χ1) is 12.7. The third-order valence-electron chi connectivity index (χ3n) is 8.98. The maximum absolute atomic E-state index is 6.25. The standard InChI is InChI=1S/C25H44N2/c1-24(2,18-6-5-7-22(26)15-12-18)19-8-10-20(11-9-19)25(3,4)21-13-16-23(27)17-14-21/h13,16-22H,5-12,14-15,26-27H2,1-4H3. The molecule has 0 spiro atoms. The molecule has 27 heavy (non-hydrogen) atoms. The second-order valence-corrected chi connectivity index (χ2v) is 11.1. The molecule has 3 unspecified atom stereocenters. The van der Waals surface area contributed by atoms with Crippen LogP contribution < -0.4 is 11.5 Å². The van der Waals surface area contributed by atoms with Gasteiger partial charge in [0.15, 0.2) is 0 Å². The molecule has 4 N–H and O–H groups in total. The van der Waals surface area contributed by atoms with Gasteiger partial charge in [0.2, 0.25) is 0 Å². The van der Waals surface area contributed by atoms with E-state index in [0.29, 0.717) is 22.8 Å². The molecule has 0 saturated heterocycles. The quantitative estimate of drug-likeness (QED) is 0.580. The average molecular weight is 373 g/mol. The Morgan fingerprint density at radius 2 is 1.33 bits per heavy atom. The van der Waals surface area contributed by atoms with Crippen LogP contribution in [-0.2, 0) is 0 Å². The lowest BCUT2D eigenvalue weighted by atomic mass is 9.57. The van der Waals surface area contributed by atoms with Gasteiger partial charge < -0.3 is 11.5 Å². The maximum atomic E-state index is 6.25. The van der Waals surface area contributed by atoms with Gasteiger partial charge in [-0.15, -0.1) is 0 Å². The molecule has 3 aliphatic carbocycles. The number of hydrogen-bond donors (Lipinski definition) is 2. The van der Waals surface area contributed by atoms with Gasteiger partial charge in [0.1, 0.15) is 0 Å². The van der Waals surface area contributed by atoms with E-state index in [1.54, 1.807) is 0 Å². The van der Waals surface area contributed by atoms with E-state index in [4.69, 9.17) is 11.5 Å². The molecule has 2 fully saturated rings. The normalized spacial score (nSPS) is 36.2. The maximum Gasteiger partial charge on any atom is 0.0270 e. The molecule has 2 saturated carbocycles. The minimum absolute atomic E-state index is 0.373. The van der Waals surface area contributed by atoms with Crippen LogP contribution in [0.4, 0.5) is 0 Å². The van der Waals surface area contributed by atoms with E-state index in [2.05, 4.69) is 45.9 Å². The molecule has 0 bridgehead atoms. The van der Waals surface area contributed by atoms with Crippen molar-refractivity contribution in [2.45, 2.75) is 97.9 Å². The van der Waals surface area contributed by atoms with Gasteiger partial charge >= 0.3 is 0 Å². The molecule has 0 aliphatic heterocycles. The van der Waals surface area contributed by atoms with Gasteiger partial charge in [0, 0.05) is 11.7 Å². The SMILES string of the molecule is CC(C)(C1C=CC(N)=CC1)C1CCC(C(C)(C)C2CCCC(N)CC2)CC1. The Morgan fingerprint density at radius 1 is 0.778 bits per heavy atom. The number of allylic oxidation sites excluding steroid dienone is 3. The summed E-state index contributed by atoms with van der Waals surface area (Å²) in [5.74, 6) is 3.24. The summed E-state index contributed by atoms with van der Waals surface area (Å²) in [6.45, 7) is 10.1. The van der Waals surface area contributed by atoms with E-state index in [1.807, 2.05) is 0 Å². The molecular formula is C25H44N2. The first-order valence-electron chi connectivity index (χ1n) is 11.6. The largest absolute Gasteiger partial charge is 0.399 e. The predicted octanol–water partition coefficient (Wildman–Crippen LogP) is 6.17. The van der Waals surface area contributed by atoms with E-state index < -0.39 is 0 Å². The van der Waals surface area contributed by atoms with Crippen LogP contribution in [-0.4, -0.2) is 6.04 Å². The number of rotatable bonds is 4. The number of hydrogen-bond acceptors (Lipinski definition) is 2. The predicted molar refractivity (Wildman–Crippen MR) is 117 cm³/mol. The molecule has 3 aliphatic rings. The van der Waals surface area contributed by atoms with Gasteiger partial charge in [-0.25, -0.2) is 0 Å². The van der Waals surface area contributed by atoms with Crippen molar-refractivity contribution in [1.29, 1.82) is 0 Å². The van der Waals surface area contributed by atoms with Crippen molar-refractivity contribution in [3.63, 3.8) is 0 Å². The van der Waals surface area contributed by atoms with Crippen LogP contribution in [0.15, 0.2) is 23.9 Å². The van der Waals surface area contributed by atoms with Gasteiger partial charge in [-0.2, -0.15) is 0 Å². The molecule has 0 amide bonds. The van der Waals surface area contributed by atoms with Crippen LogP contribution in [0.25, 0.3) is 0 Å². The molecule has 0 aromatic rings. The van der Waals surface area contributed by atoms with Crippen molar-refractivity contribution in [3.8, 4) is 0 Å². The Hall–Kier alpha value is -0.760. The summed E-state index contributed by atoms with van der Waals surface area (Å²) in [4.78, 5) is 0. The Morgan fingerprint density at radius 3 is 1.93 bits per heavy atom. The van der Waals surface area contributed by atoms with E-state index in [-0.39, 0.29) is 0 Å². The summed E-state index contributed by atoms with van der Waals surface area (Å²) in [7, 11) is 0. The van der Waals surface area contributed by atoms with E-state index in [1.165, 1.54) is 57.8 Å². The van der Waals surface area contributed by atoms with Crippen molar-refractivity contribution in [3.05, 3.63) is 23.9 Å². The molecule has 3 atom stereocenters. The summed E-state index contributed by atoms with van der Waals surface area (Å²) in [5, 5.41) is 0.